The zero-order valence-electron chi connectivity index (χ0n) is 12.4. The first-order valence-electron chi connectivity index (χ1n) is 6.72. The second kappa shape index (κ2) is 7.90. The number of carbonyl (C=O) groups excluding carboxylic acids is 1. The molecule has 1 amide bonds. The zero-order chi connectivity index (χ0) is 16.8. The van der Waals surface area contributed by atoms with E-state index in [1.54, 1.807) is 49.6 Å². The highest BCUT2D eigenvalue weighted by atomic mass is 35.5. The minimum atomic E-state index is -0.542. The van der Waals surface area contributed by atoms with E-state index >= 15 is 0 Å². The Morgan fingerprint density at radius 3 is 2.70 bits per heavy atom. The van der Waals surface area contributed by atoms with Crippen LogP contribution in [0.5, 0.6) is 11.5 Å². The van der Waals surface area contributed by atoms with Gasteiger partial charge in [0, 0.05) is 27.2 Å². The van der Waals surface area contributed by atoms with Gasteiger partial charge in [0.1, 0.15) is 6.61 Å². The number of hydrogen-bond acceptors (Lipinski definition) is 3. The van der Waals surface area contributed by atoms with Crippen LogP contribution in [0.2, 0.25) is 10.0 Å². The third kappa shape index (κ3) is 4.65. The van der Waals surface area contributed by atoms with Crippen molar-refractivity contribution in [3.8, 4) is 11.5 Å². The summed E-state index contributed by atoms with van der Waals surface area (Å²) in [5, 5.41) is 1.07. The molecule has 0 bridgehead atoms. The van der Waals surface area contributed by atoms with Gasteiger partial charge in [0.15, 0.2) is 11.5 Å². The van der Waals surface area contributed by atoms with Gasteiger partial charge in [-0.25, -0.2) is 0 Å². The quantitative estimate of drug-likeness (QED) is 0.797. The lowest BCUT2D eigenvalue weighted by molar-refractivity contribution is -0.113. The average Bonchev–Trinajstić information content (AvgIpc) is 2.52. The number of halogens is 2. The van der Waals surface area contributed by atoms with Crippen molar-refractivity contribution in [1.29, 1.82) is 0 Å². The van der Waals surface area contributed by atoms with Gasteiger partial charge in [-0.2, -0.15) is 0 Å². The summed E-state index contributed by atoms with van der Waals surface area (Å²) in [6.45, 7) is 0.230. The molecule has 0 saturated heterocycles. The molecule has 0 aliphatic carbocycles. The molecule has 2 aromatic carbocycles. The fraction of sp³-hybridized carbons (Fsp3) is 0.118. The Morgan fingerprint density at radius 2 is 2.04 bits per heavy atom. The van der Waals surface area contributed by atoms with Crippen molar-refractivity contribution < 1.29 is 14.3 Å². The highest BCUT2D eigenvalue weighted by molar-refractivity contribution is 6.35. The number of ether oxygens (including phenoxy) is 2. The number of nitrogens with two attached hydrogens (primary N) is 1. The van der Waals surface area contributed by atoms with Crippen molar-refractivity contribution in [2.75, 3.05) is 7.11 Å². The van der Waals surface area contributed by atoms with Crippen molar-refractivity contribution in [3.63, 3.8) is 0 Å². The van der Waals surface area contributed by atoms with E-state index in [1.165, 1.54) is 6.08 Å². The number of benzene rings is 2. The number of methoxy groups -OCH3 is 1. The van der Waals surface area contributed by atoms with Crippen molar-refractivity contribution in [3.05, 3.63) is 63.6 Å². The second-order valence-electron chi connectivity index (χ2n) is 4.64. The summed E-state index contributed by atoms with van der Waals surface area (Å²) in [4.78, 5) is 10.9. The predicted octanol–water partition coefficient (Wildman–Crippen LogP) is 4.08. The molecule has 0 aliphatic rings. The topological polar surface area (TPSA) is 61.5 Å². The molecule has 23 heavy (non-hydrogen) atoms. The molecule has 0 radical (unpaired) electrons. The highest BCUT2D eigenvalue weighted by Gasteiger charge is 2.10. The molecule has 2 rings (SSSR count). The fourth-order valence-electron chi connectivity index (χ4n) is 1.94. The number of rotatable bonds is 6. The maximum Gasteiger partial charge on any atom is 0.241 e. The Labute approximate surface area is 144 Å². The average molecular weight is 352 g/mol. The van der Waals surface area contributed by atoms with Crippen molar-refractivity contribution in [2.24, 2.45) is 5.73 Å². The molecule has 0 aliphatic heterocycles. The van der Waals surface area contributed by atoms with Gasteiger partial charge in [-0.3, -0.25) is 4.79 Å². The normalized spacial score (nSPS) is 10.7. The molecule has 0 heterocycles. The summed E-state index contributed by atoms with van der Waals surface area (Å²) in [7, 11) is 1.54. The van der Waals surface area contributed by atoms with Gasteiger partial charge in [-0.05, 0) is 24.3 Å². The molecular formula is C17H15Cl2NO3. The molecule has 0 fully saturated rings. The summed E-state index contributed by atoms with van der Waals surface area (Å²) in [6.07, 6.45) is 2.83. The zero-order valence-corrected chi connectivity index (χ0v) is 13.9. The summed E-state index contributed by atoms with van der Waals surface area (Å²) in [6, 6.07) is 10.5. The van der Waals surface area contributed by atoms with E-state index in [9.17, 15) is 4.79 Å². The van der Waals surface area contributed by atoms with Crippen LogP contribution < -0.4 is 15.2 Å². The van der Waals surface area contributed by atoms with Crippen LogP contribution in [0.4, 0.5) is 0 Å². The van der Waals surface area contributed by atoms with Crippen LogP contribution in [0.3, 0.4) is 0 Å². The van der Waals surface area contributed by atoms with Gasteiger partial charge in [0.25, 0.3) is 0 Å². The number of carbonyl (C=O) groups is 1. The van der Waals surface area contributed by atoms with Gasteiger partial charge >= 0.3 is 0 Å². The lowest BCUT2D eigenvalue weighted by atomic mass is 10.1. The van der Waals surface area contributed by atoms with Gasteiger partial charge in [-0.1, -0.05) is 41.4 Å². The molecule has 6 heteroatoms. The number of hydrogen-bond donors (Lipinski definition) is 1. The SMILES string of the molecule is COc1cccc(C=CC(N)=O)c1OCc1ccc(Cl)cc1Cl. The van der Waals surface area contributed by atoms with Crippen LogP contribution in [0.15, 0.2) is 42.5 Å². The van der Waals surface area contributed by atoms with Crippen molar-refractivity contribution in [1.82, 2.24) is 0 Å². The van der Waals surface area contributed by atoms with Gasteiger partial charge in [0.05, 0.1) is 7.11 Å². The van der Waals surface area contributed by atoms with Gasteiger partial charge in [-0.15, -0.1) is 0 Å². The second-order valence-corrected chi connectivity index (χ2v) is 5.48. The Hall–Kier alpha value is -2.17. The van der Waals surface area contributed by atoms with Crippen LogP contribution in [0.25, 0.3) is 6.08 Å². The van der Waals surface area contributed by atoms with Gasteiger partial charge < -0.3 is 15.2 Å². The molecule has 0 saturated carbocycles. The third-order valence-electron chi connectivity index (χ3n) is 3.04. The third-order valence-corrected chi connectivity index (χ3v) is 3.63. The van der Waals surface area contributed by atoms with E-state index in [2.05, 4.69) is 0 Å². The summed E-state index contributed by atoms with van der Waals surface area (Å²) in [5.41, 5.74) is 6.59. The maximum absolute atomic E-state index is 10.9. The first-order valence-corrected chi connectivity index (χ1v) is 7.48. The molecule has 120 valence electrons. The Kier molecular flexibility index (Phi) is 5.90. The van der Waals surface area contributed by atoms with E-state index in [-0.39, 0.29) is 6.61 Å². The Balaban J connectivity index is 2.28. The standard InChI is InChI=1S/C17H15Cl2NO3/c1-22-15-4-2-3-11(6-8-16(20)21)17(15)23-10-12-5-7-13(18)9-14(12)19/h2-9H,10H2,1H3,(H2,20,21). The summed E-state index contributed by atoms with van der Waals surface area (Å²) >= 11 is 12.0. The van der Waals surface area contributed by atoms with Crippen LogP contribution in [-0.2, 0) is 11.4 Å². The Bertz CT molecular complexity index is 745. The first kappa shape index (κ1) is 17.2. The van der Waals surface area contributed by atoms with Crippen LogP contribution >= 0.6 is 23.2 Å². The molecule has 2 aromatic rings. The molecule has 0 aromatic heterocycles. The molecule has 0 unspecified atom stereocenters. The monoisotopic (exact) mass is 351 g/mol. The van der Waals surface area contributed by atoms with E-state index < -0.39 is 5.91 Å². The molecule has 4 nitrogen and oxygen atoms in total. The fourth-order valence-corrected chi connectivity index (χ4v) is 2.40. The number of amides is 1. The van der Waals surface area contributed by atoms with E-state index in [1.807, 2.05) is 0 Å². The summed E-state index contributed by atoms with van der Waals surface area (Å²) in [5.74, 6) is 0.500. The van der Waals surface area contributed by atoms with Crippen molar-refractivity contribution >= 4 is 35.2 Å². The number of primary amides is 1. The molecular weight excluding hydrogens is 337 g/mol. The van der Waals surface area contributed by atoms with Crippen LogP contribution in [0, 0.1) is 0 Å². The maximum atomic E-state index is 10.9. The van der Waals surface area contributed by atoms with E-state index in [4.69, 9.17) is 38.4 Å². The van der Waals surface area contributed by atoms with Crippen LogP contribution in [-0.4, -0.2) is 13.0 Å². The van der Waals surface area contributed by atoms with Gasteiger partial charge in [0.2, 0.25) is 5.91 Å². The molecule has 0 atom stereocenters. The van der Waals surface area contributed by atoms with Crippen LogP contribution in [0.1, 0.15) is 11.1 Å². The largest absolute Gasteiger partial charge is 0.493 e. The lowest BCUT2D eigenvalue weighted by Crippen LogP contribution is -2.05. The molecule has 0 spiro atoms. The minimum Gasteiger partial charge on any atom is -0.493 e. The smallest absolute Gasteiger partial charge is 0.241 e. The number of para-hydroxylation sites is 1. The van der Waals surface area contributed by atoms with E-state index in [0.717, 1.165) is 5.56 Å². The Morgan fingerprint density at radius 1 is 1.26 bits per heavy atom. The summed E-state index contributed by atoms with van der Waals surface area (Å²) < 4.78 is 11.1. The lowest BCUT2D eigenvalue weighted by Gasteiger charge is -2.14. The first-order chi connectivity index (χ1) is 11.0. The predicted molar refractivity (Wildman–Crippen MR) is 92.0 cm³/mol. The highest BCUT2D eigenvalue weighted by Crippen LogP contribution is 2.33. The molecule has 2 N–H and O–H groups in total. The van der Waals surface area contributed by atoms with E-state index in [0.29, 0.717) is 27.1 Å². The van der Waals surface area contributed by atoms with Crippen molar-refractivity contribution in [2.45, 2.75) is 6.61 Å². The minimum absolute atomic E-state index is 0.230.